The summed E-state index contributed by atoms with van der Waals surface area (Å²) in [4.78, 5) is 4.17. The van der Waals surface area contributed by atoms with E-state index in [0.29, 0.717) is 6.04 Å². The van der Waals surface area contributed by atoms with Gasteiger partial charge < -0.3 is 5.32 Å². The molecule has 0 aliphatic heterocycles. The molecule has 0 aromatic carbocycles. The topological polar surface area (TPSA) is 53.6 Å². The van der Waals surface area contributed by atoms with Crippen molar-refractivity contribution >= 4 is 0 Å². The second-order valence-corrected chi connectivity index (χ2v) is 5.91. The average molecular weight is 270 g/mol. The molecule has 2 N–H and O–H groups in total. The van der Waals surface area contributed by atoms with E-state index in [0.717, 1.165) is 29.6 Å². The minimum Gasteiger partial charge on any atom is -0.310 e. The molecule has 0 spiro atoms. The Morgan fingerprint density at radius 1 is 1.30 bits per heavy atom. The molecule has 0 saturated heterocycles. The zero-order valence-corrected chi connectivity index (χ0v) is 12.1. The fourth-order valence-electron chi connectivity index (χ4n) is 3.10. The molecule has 3 atom stereocenters. The lowest BCUT2D eigenvalue weighted by molar-refractivity contribution is 0.370. The minimum atomic E-state index is 0.627. The summed E-state index contributed by atoms with van der Waals surface area (Å²) in [6, 6.07) is 4.64. The van der Waals surface area contributed by atoms with E-state index in [9.17, 15) is 0 Å². The monoisotopic (exact) mass is 270 g/mol. The van der Waals surface area contributed by atoms with Crippen molar-refractivity contribution in [3.8, 4) is 11.3 Å². The Labute approximate surface area is 120 Å². The number of aromatic nitrogens is 3. The quantitative estimate of drug-likeness (QED) is 0.898. The van der Waals surface area contributed by atoms with Crippen LogP contribution in [0.3, 0.4) is 0 Å². The molecular formula is C16H22N4. The molecule has 3 rings (SSSR count). The standard InChI is InChI=1S/C16H22N4/c1-11-5-6-15(12(11)2)18-9-14-10-19-20-16(14)13-4-3-7-17-8-13/h3-4,7-8,10-12,15,18H,5-6,9H2,1-2H3,(H,19,20). The molecule has 1 aliphatic rings. The summed E-state index contributed by atoms with van der Waals surface area (Å²) in [5.74, 6) is 1.58. The second-order valence-electron chi connectivity index (χ2n) is 5.91. The van der Waals surface area contributed by atoms with Crippen molar-refractivity contribution in [2.24, 2.45) is 11.8 Å². The van der Waals surface area contributed by atoms with E-state index in [2.05, 4.69) is 40.4 Å². The summed E-state index contributed by atoms with van der Waals surface area (Å²) in [7, 11) is 0. The smallest absolute Gasteiger partial charge is 0.0710 e. The van der Waals surface area contributed by atoms with Gasteiger partial charge in [-0.05, 0) is 36.8 Å². The highest BCUT2D eigenvalue weighted by Gasteiger charge is 2.29. The Hall–Kier alpha value is -1.68. The molecule has 1 fully saturated rings. The second kappa shape index (κ2) is 5.75. The SMILES string of the molecule is CC1CCC(NCc2cn[nH]c2-c2cccnc2)C1C. The Balaban J connectivity index is 1.69. The van der Waals surface area contributed by atoms with Gasteiger partial charge in [0, 0.05) is 36.1 Å². The third-order valence-electron chi connectivity index (χ3n) is 4.69. The first-order valence-electron chi connectivity index (χ1n) is 7.41. The summed E-state index contributed by atoms with van der Waals surface area (Å²) in [6.07, 6.45) is 8.19. The maximum absolute atomic E-state index is 4.18. The molecule has 4 nitrogen and oxygen atoms in total. The maximum Gasteiger partial charge on any atom is 0.0710 e. The number of aromatic amines is 1. The van der Waals surface area contributed by atoms with Gasteiger partial charge in [-0.3, -0.25) is 10.1 Å². The lowest BCUT2D eigenvalue weighted by Gasteiger charge is -2.19. The Kier molecular flexibility index (Phi) is 3.83. The predicted molar refractivity (Wildman–Crippen MR) is 80.0 cm³/mol. The van der Waals surface area contributed by atoms with Crippen molar-refractivity contribution < 1.29 is 0 Å². The number of nitrogens with zero attached hydrogens (tertiary/aromatic N) is 2. The van der Waals surface area contributed by atoms with Crippen molar-refractivity contribution in [3.05, 3.63) is 36.3 Å². The van der Waals surface area contributed by atoms with E-state index in [1.165, 1.54) is 18.4 Å². The van der Waals surface area contributed by atoms with E-state index in [1.807, 2.05) is 18.5 Å². The Morgan fingerprint density at radius 3 is 2.90 bits per heavy atom. The van der Waals surface area contributed by atoms with Gasteiger partial charge in [-0.1, -0.05) is 13.8 Å². The first-order chi connectivity index (χ1) is 9.75. The summed E-state index contributed by atoms with van der Waals surface area (Å²) in [6.45, 7) is 5.57. The van der Waals surface area contributed by atoms with Gasteiger partial charge in [0.2, 0.25) is 0 Å². The Morgan fingerprint density at radius 2 is 2.20 bits per heavy atom. The van der Waals surface area contributed by atoms with Crippen LogP contribution in [0, 0.1) is 11.8 Å². The molecule has 106 valence electrons. The first kappa shape index (κ1) is 13.3. The fraction of sp³-hybridized carbons (Fsp3) is 0.500. The summed E-state index contributed by atoms with van der Waals surface area (Å²) in [5, 5.41) is 11.0. The first-order valence-corrected chi connectivity index (χ1v) is 7.41. The molecule has 2 aromatic heterocycles. The third-order valence-corrected chi connectivity index (χ3v) is 4.69. The van der Waals surface area contributed by atoms with Crippen molar-refractivity contribution in [2.75, 3.05) is 0 Å². The van der Waals surface area contributed by atoms with Crippen LogP contribution in [0.4, 0.5) is 0 Å². The number of nitrogens with one attached hydrogen (secondary N) is 2. The molecule has 0 bridgehead atoms. The predicted octanol–water partition coefficient (Wildman–Crippen LogP) is 3.00. The molecule has 2 aromatic rings. The van der Waals surface area contributed by atoms with Crippen LogP contribution in [0.15, 0.2) is 30.7 Å². The highest BCUT2D eigenvalue weighted by molar-refractivity contribution is 5.61. The largest absolute Gasteiger partial charge is 0.310 e. The van der Waals surface area contributed by atoms with Gasteiger partial charge in [-0.25, -0.2) is 0 Å². The van der Waals surface area contributed by atoms with Crippen LogP contribution in [0.1, 0.15) is 32.3 Å². The van der Waals surface area contributed by atoms with Crippen LogP contribution < -0.4 is 5.32 Å². The van der Waals surface area contributed by atoms with E-state index < -0.39 is 0 Å². The molecular weight excluding hydrogens is 248 g/mol. The molecule has 1 saturated carbocycles. The third kappa shape index (κ3) is 2.61. The van der Waals surface area contributed by atoms with Gasteiger partial charge in [0.25, 0.3) is 0 Å². The van der Waals surface area contributed by atoms with Gasteiger partial charge in [-0.15, -0.1) is 0 Å². The van der Waals surface area contributed by atoms with Gasteiger partial charge in [0.15, 0.2) is 0 Å². The van der Waals surface area contributed by atoms with Crippen molar-refractivity contribution in [3.63, 3.8) is 0 Å². The van der Waals surface area contributed by atoms with Gasteiger partial charge >= 0.3 is 0 Å². The molecule has 0 radical (unpaired) electrons. The number of hydrogen-bond acceptors (Lipinski definition) is 3. The van der Waals surface area contributed by atoms with Crippen LogP contribution in [0.5, 0.6) is 0 Å². The highest BCUT2D eigenvalue weighted by Crippen LogP contribution is 2.31. The summed E-state index contributed by atoms with van der Waals surface area (Å²) >= 11 is 0. The molecule has 4 heteroatoms. The lowest BCUT2D eigenvalue weighted by Crippen LogP contribution is -2.31. The Bertz CT molecular complexity index is 549. The zero-order chi connectivity index (χ0) is 13.9. The summed E-state index contributed by atoms with van der Waals surface area (Å²) in [5.41, 5.74) is 3.38. The lowest BCUT2D eigenvalue weighted by atomic mass is 9.97. The molecule has 20 heavy (non-hydrogen) atoms. The van der Waals surface area contributed by atoms with Crippen LogP contribution in [-0.4, -0.2) is 21.2 Å². The minimum absolute atomic E-state index is 0.627. The molecule has 1 aliphatic carbocycles. The zero-order valence-electron chi connectivity index (χ0n) is 12.1. The van der Waals surface area contributed by atoms with Gasteiger partial charge in [0.05, 0.1) is 11.9 Å². The number of rotatable bonds is 4. The van der Waals surface area contributed by atoms with Crippen LogP contribution in [0.25, 0.3) is 11.3 Å². The molecule has 3 unspecified atom stereocenters. The summed E-state index contributed by atoms with van der Waals surface area (Å²) < 4.78 is 0. The highest BCUT2D eigenvalue weighted by atomic mass is 15.1. The van der Waals surface area contributed by atoms with Crippen LogP contribution >= 0.6 is 0 Å². The molecule has 0 amide bonds. The van der Waals surface area contributed by atoms with E-state index in [1.54, 1.807) is 6.20 Å². The maximum atomic E-state index is 4.18. The molecule has 2 heterocycles. The fourth-order valence-corrected chi connectivity index (χ4v) is 3.10. The number of H-pyrrole nitrogens is 1. The van der Waals surface area contributed by atoms with E-state index >= 15 is 0 Å². The average Bonchev–Trinajstić information content (AvgIpc) is 3.07. The van der Waals surface area contributed by atoms with Crippen molar-refractivity contribution in [1.82, 2.24) is 20.5 Å². The van der Waals surface area contributed by atoms with Crippen molar-refractivity contribution in [2.45, 2.75) is 39.3 Å². The van der Waals surface area contributed by atoms with E-state index in [4.69, 9.17) is 0 Å². The van der Waals surface area contributed by atoms with Gasteiger partial charge in [-0.2, -0.15) is 5.10 Å². The van der Waals surface area contributed by atoms with Gasteiger partial charge in [0.1, 0.15) is 0 Å². The van der Waals surface area contributed by atoms with Crippen molar-refractivity contribution in [1.29, 1.82) is 0 Å². The van der Waals surface area contributed by atoms with Crippen LogP contribution in [-0.2, 0) is 6.54 Å². The number of pyridine rings is 1. The van der Waals surface area contributed by atoms with E-state index in [-0.39, 0.29) is 0 Å². The van der Waals surface area contributed by atoms with Crippen LogP contribution in [0.2, 0.25) is 0 Å². The normalized spacial score (nSPS) is 26.0. The number of hydrogen-bond donors (Lipinski definition) is 2.